The van der Waals surface area contributed by atoms with E-state index in [1.807, 2.05) is 0 Å². The monoisotopic (exact) mass is 202 g/mol. The first-order chi connectivity index (χ1) is 6.20. The second-order valence-electron chi connectivity index (χ2n) is 2.59. The molecule has 0 fully saturated rings. The third kappa shape index (κ3) is 3.32. The summed E-state index contributed by atoms with van der Waals surface area (Å²) in [5, 5.41) is 18.1. The minimum absolute atomic E-state index is 0.189. The molecule has 0 amide bonds. The van der Waals surface area contributed by atoms with Crippen LogP contribution in [0.5, 0.6) is 0 Å². The van der Waals surface area contributed by atoms with Crippen molar-refractivity contribution in [3.05, 3.63) is 4.77 Å². The van der Waals surface area contributed by atoms with Crippen LogP contribution in [0.2, 0.25) is 0 Å². The highest BCUT2D eigenvalue weighted by Gasteiger charge is 1.98. The lowest BCUT2D eigenvalue weighted by Gasteiger charge is -1.98. The van der Waals surface area contributed by atoms with E-state index in [0.29, 0.717) is 17.7 Å². The van der Waals surface area contributed by atoms with Crippen LogP contribution in [0.15, 0.2) is 0 Å². The number of carbonyl (C=O) groups is 1. The third-order valence-electron chi connectivity index (χ3n) is 1.55. The maximum Gasteiger partial charge on any atom is 0.303 e. The predicted octanol–water partition coefficient (Wildman–Crippen LogP) is 0.591. The van der Waals surface area contributed by atoms with Gasteiger partial charge in [-0.25, -0.2) is 4.68 Å². The van der Waals surface area contributed by atoms with Crippen molar-refractivity contribution in [2.24, 2.45) is 0 Å². The number of aromatic nitrogens is 4. The molecule has 13 heavy (non-hydrogen) atoms. The lowest BCUT2D eigenvalue weighted by atomic mass is 10.2. The van der Waals surface area contributed by atoms with Gasteiger partial charge in [-0.15, -0.1) is 0 Å². The van der Waals surface area contributed by atoms with Crippen molar-refractivity contribution < 1.29 is 9.90 Å². The molecule has 72 valence electrons. The van der Waals surface area contributed by atoms with E-state index in [9.17, 15) is 4.79 Å². The van der Waals surface area contributed by atoms with Crippen molar-refractivity contribution in [3.8, 4) is 0 Å². The summed E-state index contributed by atoms with van der Waals surface area (Å²) in [6.45, 7) is 0.638. The maximum absolute atomic E-state index is 10.2. The van der Waals surface area contributed by atoms with E-state index in [2.05, 4.69) is 15.5 Å². The van der Waals surface area contributed by atoms with Gasteiger partial charge in [0.2, 0.25) is 4.77 Å². The van der Waals surface area contributed by atoms with Gasteiger partial charge in [-0.2, -0.15) is 5.21 Å². The Morgan fingerprint density at radius 1 is 1.62 bits per heavy atom. The van der Waals surface area contributed by atoms with Crippen molar-refractivity contribution in [1.29, 1.82) is 0 Å². The van der Waals surface area contributed by atoms with Crippen LogP contribution < -0.4 is 0 Å². The number of carboxylic acids is 1. The molecule has 0 atom stereocenters. The molecule has 0 spiro atoms. The van der Waals surface area contributed by atoms with E-state index >= 15 is 0 Å². The number of aryl methyl sites for hydroxylation is 1. The summed E-state index contributed by atoms with van der Waals surface area (Å²) in [6, 6.07) is 0. The molecular weight excluding hydrogens is 192 g/mol. The van der Waals surface area contributed by atoms with Gasteiger partial charge in [0.25, 0.3) is 0 Å². The lowest BCUT2D eigenvalue weighted by molar-refractivity contribution is -0.137. The minimum atomic E-state index is -0.772. The number of tetrazole rings is 1. The quantitative estimate of drug-likeness (QED) is 0.539. The Kier molecular flexibility index (Phi) is 3.56. The number of carboxylic acid groups (broad SMARTS) is 1. The van der Waals surface area contributed by atoms with Gasteiger partial charge in [-0.3, -0.25) is 4.79 Å². The van der Waals surface area contributed by atoms with Gasteiger partial charge in [-0.05, 0) is 25.1 Å². The normalized spacial score (nSPS) is 10.2. The summed E-state index contributed by atoms with van der Waals surface area (Å²) < 4.78 is 2.01. The van der Waals surface area contributed by atoms with Crippen molar-refractivity contribution in [2.75, 3.05) is 0 Å². The number of aromatic amines is 1. The SMILES string of the molecule is O=C(O)CCCCn1[nH]nnc1=S. The number of rotatable bonds is 5. The molecular formula is C6H10N4O2S. The topological polar surface area (TPSA) is 83.8 Å². The first kappa shape index (κ1) is 9.85. The average molecular weight is 202 g/mol. The number of nitrogens with one attached hydrogen (secondary N) is 1. The van der Waals surface area contributed by atoms with Gasteiger partial charge in [0.1, 0.15) is 0 Å². The molecule has 0 aliphatic rings. The van der Waals surface area contributed by atoms with E-state index in [0.717, 1.165) is 6.42 Å². The second-order valence-corrected chi connectivity index (χ2v) is 2.95. The molecule has 0 aliphatic heterocycles. The molecule has 1 aromatic rings. The molecule has 1 heterocycles. The van der Waals surface area contributed by atoms with Crippen LogP contribution >= 0.6 is 12.2 Å². The Hall–Kier alpha value is -1.24. The fourth-order valence-corrected chi connectivity index (χ4v) is 1.08. The van der Waals surface area contributed by atoms with E-state index < -0.39 is 5.97 Å². The first-order valence-corrected chi connectivity index (χ1v) is 4.30. The summed E-state index contributed by atoms with van der Waals surface area (Å²) in [5.41, 5.74) is 0. The van der Waals surface area contributed by atoms with E-state index in [4.69, 9.17) is 17.3 Å². The summed E-state index contributed by atoms with van der Waals surface area (Å²) in [6.07, 6.45) is 1.58. The highest BCUT2D eigenvalue weighted by atomic mass is 32.1. The van der Waals surface area contributed by atoms with Gasteiger partial charge < -0.3 is 5.11 Å². The average Bonchev–Trinajstić information content (AvgIpc) is 2.45. The molecule has 6 nitrogen and oxygen atoms in total. The first-order valence-electron chi connectivity index (χ1n) is 3.90. The van der Waals surface area contributed by atoms with Gasteiger partial charge in [0.15, 0.2) is 0 Å². The Morgan fingerprint density at radius 2 is 2.38 bits per heavy atom. The van der Waals surface area contributed by atoms with Gasteiger partial charge >= 0.3 is 5.97 Å². The van der Waals surface area contributed by atoms with E-state index in [-0.39, 0.29) is 6.42 Å². The van der Waals surface area contributed by atoms with Gasteiger partial charge in [0, 0.05) is 13.0 Å². The van der Waals surface area contributed by atoms with Crippen LogP contribution in [0.1, 0.15) is 19.3 Å². The van der Waals surface area contributed by atoms with Crippen molar-refractivity contribution >= 4 is 18.2 Å². The molecule has 1 rings (SSSR count). The van der Waals surface area contributed by atoms with Crippen LogP contribution in [-0.2, 0) is 11.3 Å². The van der Waals surface area contributed by atoms with Crippen LogP contribution in [0.25, 0.3) is 0 Å². The second kappa shape index (κ2) is 4.70. The number of nitrogens with zero attached hydrogens (tertiary/aromatic N) is 3. The maximum atomic E-state index is 10.2. The minimum Gasteiger partial charge on any atom is -0.481 e. The Bertz CT molecular complexity index is 331. The van der Waals surface area contributed by atoms with Crippen LogP contribution in [0, 0.1) is 4.77 Å². The molecule has 2 N–H and O–H groups in total. The van der Waals surface area contributed by atoms with Gasteiger partial charge in [-0.1, -0.05) is 10.3 Å². The number of aliphatic carboxylic acids is 1. The molecule has 0 saturated heterocycles. The fourth-order valence-electron chi connectivity index (χ4n) is 0.908. The highest BCUT2D eigenvalue weighted by Crippen LogP contribution is 1.97. The lowest BCUT2D eigenvalue weighted by Crippen LogP contribution is -2.02. The zero-order valence-corrected chi connectivity index (χ0v) is 7.75. The number of hydrogen-bond acceptors (Lipinski definition) is 4. The van der Waals surface area contributed by atoms with Crippen LogP contribution in [-0.4, -0.2) is 31.3 Å². The molecule has 0 aliphatic carbocycles. The number of unbranched alkanes of at least 4 members (excludes halogenated alkanes) is 1. The molecule has 0 aromatic carbocycles. The Labute approximate surface area is 79.6 Å². The van der Waals surface area contributed by atoms with Crippen molar-refractivity contribution in [2.45, 2.75) is 25.8 Å². The van der Waals surface area contributed by atoms with Crippen LogP contribution in [0.4, 0.5) is 0 Å². The molecule has 1 aromatic heterocycles. The largest absolute Gasteiger partial charge is 0.481 e. The molecule has 0 radical (unpaired) electrons. The van der Waals surface area contributed by atoms with E-state index in [1.54, 1.807) is 4.68 Å². The zero-order chi connectivity index (χ0) is 9.68. The Morgan fingerprint density at radius 3 is 2.92 bits per heavy atom. The van der Waals surface area contributed by atoms with Crippen molar-refractivity contribution in [1.82, 2.24) is 20.2 Å². The summed E-state index contributed by atoms with van der Waals surface area (Å²) in [7, 11) is 0. The molecule has 7 heteroatoms. The standard InChI is InChI=1S/C6H10N4O2S/c11-5(12)3-1-2-4-10-6(13)7-8-9-10/h1-4H2,(H,11,12)(H,7,9,13). The Balaban J connectivity index is 2.24. The van der Waals surface area contributed by atoms with E-state index in [1.165, 1.54) is 0 Å². The zero-order valence-electron chi connectivity index (χ0n) is 6.93. The van der Waals surface area contributed by atoms with Crippen LogP contribution in [0.3, 0.4) is 0 Å². The van der Waals surface area contributed by atoms with Gasteiger partial charge in [0.05, 0.1) is 0 Å². The highest BCUT2D eigenvalue weighted by molar-refractivity contribution is 7.71. The molecule has 0 bridgehead atoms. The smallest absolute Gasteiger partial charge is 0.303 e. The number of H-pyrrole nitrogens is 1. The molecule has 0 unspecified atom stereocenters. The fraction of sp³-hybridized carbons (Fsp3) is 0.667. The number of hydrogen-bond donors (Lipinski definition) is 2. The summed E-state index contributed by atoms with van der Waals surface area (Å²) >= 11 is 4.83. The molecule has 0 saturated carbocycles. The van der Waals surface area contributed by atoms with Crippen molar-refractivity contribution in [3.63, 3.8) is 0 Å². The third-order valence-corrected chi connectivity index (χ3v) is 1.86. The summed E-state index contributed by atoms with van der Waals surface area (Å²) in [4.78, 5) is 10.2. The predicted molar refractivity (Wildman–Crippen MR) is 46.7 cm³/mol. The summed E-state index contributed by atoms with van der Waals surface area (Å²) in [5.74, 6) is -0.772.